The molecule has 1 heterocycles. The van der Waals surface area contributed by atoms with Gasteiger partial charge in [0.15, 0.2) is 10.6 Å². The van der Waals surface area contributed by atoms with E-state index < -0.39 is 11.6 Å². The lowest BCUT2D eigenvalue weighted by Gasteiger charge is -2.02. The minimum absolute atomic E-state index is 0.148. The van der Waals surface area contributed by atoms with Gasteiger partial charge in [0.05, 0.1) is 11.9 Å². The molecule has 0 spiro atoms. The molecule has 0 aliphatic rings. The van der Waals surface area contributed by atoms with E-state index in [-0.39, 0.29) is 10.5 Å². The van der Waals surface area contributed by atoms with E-state index in [0.717, 1.165) is 6.20 Å². The fourth-order valence-electron chi connectivity index (χ4n) is 1.23. The molecule has 0 amide bonds. The molecular weight excluding hydrogens is 218 g/mol. The van der Waals surface area contributed by atoms with Crippen LogP contribution in [0, 0.1) is 16.4 Å². The zero-order chi connectivity index (χ0) is 10.8. The van der Waals surface area contributed by atoms with Crippen LogP contribution in [0.1, 0.15) is 0 Å². The lowest BCUT2D eigenvalue weighted by molar-refractivity contribution is 0.614. The number of benzene rings is 1. The SMILES string of the molecule is Fc1cccc(-c2[nH]c(=S)ncc2F)c1. The minimum Gasteiger partial charge on any atom is -0.328 e. The Hall–Kier alpha value is -1.62. The molecule has 0 fully saturated rings. The Labute approximate surface area is 89.6 Å². The van der Waals surface area contributed by atoms with Crippen molar-refractivity contribution in [2.75, 3.05) is 0 Å². The van der Waals surface area contributed by atoms with Gasteiger partial charge >= 0.3 is 0 Å². The van der Waals surface area contributed by atoms with Crippen molar-refractivity contribution in [3.05, 3.63) is 46.9 Å². The molecule has 2 rings (SSSR count). The highest BCUT2D eigenvalue weighted by atomic mass is 32.1. The molecule has 1 N–H and O–H groups in total. The second-order valence-electron chi connectivity index (χ2n) is 2.92. The average Bonchev–Trinajstić information content (AvgIpc) is 2.22. The van der Waals surface area contributed by atoms with Gasteiger partial charge in [-0.15, -0.1) is 0 Å². The van der Waals surface area contributed by atoms with Gasteiger partial charge in [0.1, 0.15) is 5.82 Å². The normalized spacial score (nSPS) is 10.3. The van der Waals surface area contributed by atoms with Gasteiger partial charge < -0.3 is 4.98 Å². The third-order valence-electron chi connectivity index (χ3n) is 1.88. The van der Waals surface area contributed by atoms with Gasteiger partial charge in [0.2, 0.25) is 0 Å². The minimum atomic E-state index is -0.561. The Balaban J connectivity index is 2.63. The van der Waals surface area contributed by atoms with Crippen molar-refractivity contribution in [1.29, 1.82) is 0 Å². The zero-order valence-electron chi connectivity index (χ0n) is 7.50. The second kappa shape index (κ2) is 3.86. The van der Waals surface area contributed by atoms with E-state index in [2.05, 4.69) is 9.97 Å². The highest BCUT2D eigenvalue weighted by Gasteiger charge is 2.06. The molecule has 0 unspecified atom stereocenters. The first kappa shape index (κ1) is 9.92. The van der Waals surface area contributed by atoms with Gasteiger partial charge in [-0.2, -0.15) is 0 Å². The van der Waals surface area contributed by atoms with E-state index in [0.29, 0.717) is 5.56 Å². The summed E-state index contributed by atoms with van der Waals surface area (Å²) in [7, 11) is 0. The molecule has 0 saturated carbocycles. The lowest BCUT2D eigenvalue weighted by Crippen LogP contribution is -1.92. The molecule has 0 saturated heterocycles. The number of nitrogens with zero attached hydrogens (tertiary/aromatic N) is 1. The van der Waals surface area contributed by atoms with E-state index >= 15 is 0 Å². The van der Waals surface area contributed by atoms with Crippen LogP contribution >= 0.6 is 12.2 Å². The van der Waals surface area contributed by atoms with E-state index in [9.17, 15) is 8.78 Å². The number of aromatic nitrogens is 2. The lowest BCUT2D eigenvalue weighted by atomic mass is 10.1. The van der Waals surface area contributed by atoms with E-state index in [1.165, 1.54) is 18.2 Å². The predicted octanol–water partition coefficient (Wildman–Crippen LogP) is 3.08. The fraction of sp³-hybridized carbons (Fsp3) is 0. The zero-order valence-corrected chi connectivity index (χ0v) is 8.31. The van der Waals surface area contributed by atoms with Crippen LogP contribution in [0.4, 0.5) is 8.78 Å². The van der Waals surface area contributed by atoms with Crippen molar-refractivity contribution in [3.8, 4) is 11.3 Å². The van der Waals surface area contributed by atoms with Gasteiger partial charge in [0, 0.05) is 5.56 Å². The summed E-state index contributed by atoms with van der Waals surface area (Å²) >= 11 is 4.76. The van der Waals surface area contributed by atoms with Gasteiger partial charge in [-0.1, -0.05) is 12.1 Å². The van der Waals surface area contributed by atoms with Crippen LogP contribution in [-0.2, 0) is 0 Å². The maximum absolute atomic E-state index is 13.3. The summed E-state index contributed by atoms with van der Waals surface area (Å²) in [6.07, 6.45) is 1.01. The maximum Gasteiger partial charge on any atom is 0.197 e. The summed E-state index contributed by atoms with van der Waals surface area (Å²) in [6, 6.07) is 5.61. The standard InChI is InChI=1S/C10H6F2N2S/c11-7-3-1-2-6(4-7)9-8(12)5-13-10(15)14-9/h1-5H,(H,13,14,15). The van der Waals surface area contributed by atoms with Crippen LogP contribution < -0.4 is 0 Å². The molecule has 0 bridgehead atoms. The monoisotopic (exact) mass is 224 g/mol. The quantitative estimate of drug-likeness (QED) is 0.754. The second-order valence-corrected chi connectivity index (χ2v) is 3.31. The third-order valence-corrected chi connectivity index (χ3v) is 2.09. The largest absolute Gasteiger partial charge is 0.328 e. The van der Waals surface area contributed by atoms with Crippen LogP contribution in [-0.4, -0.2) is 9.97 Å². The van der Waals surface area contributed by atoms with Crippen LogP contribution in [0.3, 0.4) is 0 Å². The molecule has 0 aliphatic heterocycles. The van der Waals surface area contributed by atoms with Gasteiger partial charge in [-0.3, -0.25) is 0 Å². The highest BCUT2D eigenvalue weighted by Crippen LogP contribution is 2.19. The summed E-state index contributed by atoms with van der Waals surface area (Å²) in [6.45, 7) is 0. The molecule has 1 aromatic heterocycles. The first-order valence-electron chi connectivity index (χ1n) is 4.17. The van der Waals surface area contributed by atoms with Crippen LogP contribution in [0.25, 0.3) is 11.3 Å². The molecule has 5 heteroatoms. The summed E-state index contributed by atoms with van der Waals surface area (Å²) in [5.41, 5.74) is 0.551. The van der Waals surface area contributed by atoms with Crippen LogP contribution in [0.15, 0.2) is 30.5 Å². The summed E-state index contributed by atoms with van der Waals surface area (Å²) in [5.74, 6) is -0.989. The van der Waals surface area contributed by atoms with Gasteiger partial charge in [-0.25, -0.2) is 13.8 Å². The Kier molecular flexibility index (Phi) is 2.55. The Bertz CT molecular complexity index is 551. The smallest absolute Gasteiger partial charge is 0.197 e. The van der Waals surface area contributed by atoms with Crippen molar-refractivity contribution in [2.24, 2.45) is 0 Å². The van der Waals surface area contributed by atoms with Gasteiger partial charge in [0.25, 0.3) is 0 Å². The number of hydrogen-bond donors (Lipinski definition) is 1. The molecule has 2 aromatic rings. The molecule has 0 atom stereocenters. The Morgan fingerprint density at radius 3 is 2.80 bits per heavy atom. The van der Waals surface area contributed by atoms with Crippen LogP contribution in [0.5, 0.6) is 0 Å². The first-order valence-corrected chi connectivity index (χ1v) is 4.58. The van der Waals surface area contributed by atoms with Crippen molar-refractivity contribution < 1.29 is 8.78 Å². The summed E-state index contributed by atoms with van der Waals surface area (Å²) in [5, 5.41) is 0. The molecule has 0 radical (unpaired) electrons. The van der Waals surface area contributed by atoms with Crippen molar-refractivity contribution >= 4 is 12.2 Å². The van der Waals surface area contributed by atoms with Crippen molar-refractivity contribution in [2.45, 2.75) is 0 Å². The Morgan fingerprint density at radius 2 is 2.07 bits per heavy atom. The molecule has 76 valence electrons. The van der Waals surface area contributed by atoms with Gasteiger partial charge in [-0.05, 0) is 24.4 Å². The van der Waals surface area contributed by atoms with E-state index in [4.69, 9.17) is 12.2 Å². The van der Waals surface area contributed by atoms with E-state index in [1.54, 1.807) is 6.07 Å². The molecule has 15 heavy (non-hydrogen) atoms. The molecule has 1 aromatic carbocycles. The summed E-state index contributed by atoms with van der Waals surface area (Å²) < 4.78 is 26.4. The van der Waals surface area contributed by atoms with Crippen molar-refractivity contribution in [1.82, 2.24) is 9.97 Å². The highest BCUT2D eigenvalue weighted by molar-refractivity contribution is 7.71. The van der Waals surface area contributed by atoms with E-state index in [1.807, 2.05) is 0 Å². The first-order chi connectivity index (χ1) is 7.16. The Morgan fingerprint density at radius 1 is 1.27 bits per heavy atom. The topological polar surface area (TPSA) is 28.7 Å². The third kappa shape index (κ3) is 2.07. The maximum atomic E-state index is 13.3. The fourth-order valence-corrected chi connectivity index (χ4v) is 1.39. The summed E-state index contributed by atoms with van der Waals surface area (Å²) in [4.78, 5) is 6.16. The molecule has 0 aliphatic carbocycles. The van der Waals surface area contributed by atoms with Crippen LogP contribution in [0.2, 0.25) is 0 Å². The predicted molar refractivity (Wildman–Crippen MR) is 54.8 cm³/mol. The molecule has 2 nitrogen and oxygen atoms in total. The number of aromatic amines is 1. The molecular formula is C10H6F2N2S. The number of nitrogens with one attached hydrogen (secondary N) is 1. The average molecular weight is 224 g/mol. The number of rotatable bonds is 1. The number of H-pyrrole nitrogens is 1. The number of hydrogen-bond acceptors (Lipinski definition) is 2. The number of halogens is 2. The van der Waals surface area contributed by atoms with Crippen molar-refractivity contribution in [3.63, 3.8) is 0 Å².